The van der Waals surface area contributed by atoms with Crippen molar-refractivity contribution in [1.82, 2.24) is 5.32 Å². The molecule has 0 bridgehead atoms. The van der Waals surface area contributed by atoms with Crippen molar-refractivity contribution < 1.29 is 24.0 Å². The Labute approximate surface area is 199 Å². The maximum Gasteiger partial charge on any atom is 0.273 e. The van der Waals surface area contributed by atoms with E-state index in [1.807, 2.05) is 6.26 Å². The largest absolute Gasteiger partial charge is 0.494 e. The number of hydrogen-bond acceptors (Lipinski definition) is 8. The number of ether oxygens (including phenoxy) is 1. The Morgan fingerprint density at radius 1 is 1.18 bits per heavy atom. The second kappa shape index (κ2) is 8.10. The zero-order valence-electron chi connectivity index (χ0n) is 18.4. The Bertz CT molecular complexity index is 1240. The summed E-state index contributed by atoms with van der Waals surface area (Å²) in [6.07, 6.45) is 2.54. The third kappa shape index (κ3) is 2.96. The number of nitro benzene ring substituents is 1. The van der Waals surface area contributed by atoms with E-state index in [1.54, 1.807) is 36.0 Å². The van der Waals surface area contributed by atoms with Crippen LogP contribution in [-0.2, 0) is 19.9 Å². The fourth-order valence-corrected chi connectivity index (χ4v) is 5.94. The maximum absolute atomic E-state index is 13.9. The Kier molecular flexibility index (Phi) is 5.33. The number of rotatable bonds is 6. The molecule has 0 unspecified atom stereocenters. The van der Waals surface area contributed by atoms with Crippen molar-refractivity contribution in [3.8, 4) is 5.75 Å². The minimum atomic E-state index is -1.38. The number of methoxy groups -OCH3 is 1. The third-order valence-corrected chi connectivity index (χ3v) is 7.51. The molecule has 5 rings (SSSR count). The standard InChI is InChI=1S/C23H22N4O6S/c1-33-17-11-12(27(31)32)7-8-16(17)26-20(28)18-15(9-10-34-2)25-23(19(18)21(26)29)13-5-3-4-6-14(13)24-22(23)30/h3-8,11,15,18-19,25H,9-10H2,1-2H3,(H,24,30)/t15-,18-,19-,23+/m0/s1. The van der Waals surface area contributed by atoms with Crippen LogP contribution in [0.4, 0.5) is 17.1 Å². The van der Waals surface area contributed by atoms with Crippen molar-refractivity contribution in [1.29, 1.82) is 0 Å². The molecule has 2 fully saturated rings. The van der Waals surface area contributed by atoms with Gasteiger partial charge in [-0.2, -0.15) is 11.8 Å². The highest BCUT2D eigenvalue weighted by Crippen LogP contribution is 2.54. The number of amides is 3. The SMILES string of the molecule is COc1cc([N+](=O)[O-])ccc1N1C(=O)[C@H]2[C@H](CCSC)N[C@@]3(C(=O)Nc4ccccc43)[C@@H]2C1=O. The van der Waals surface area contributed by atoms with E-state index in [0.29, 0.717) is 17.7 Å². The van der Waals surface area contributed by atoms with Crippen LogP contribution in [0.25, 0.3) is 0 Å². The molecule has 10 nitrogen and oxygen atoms in total. The number of nitro groups is 1. The highest BCUT2D eigenvalue weighted by atomic mass is 32.2. The molecule has 0 radical (unpaired) electrons. The molecule has 3 aliphatic heterocycles. The lowest BCUT2D eigenvalue weighted by Crippen LogP contribution is -2.53. The van der Waals surface area contributed by atoms with Crippen molar-refractivity contribution >= 4 is 46.5 Å². The number of carbonyl (C=O) groups excluding carboxylic acids is 3. The van der Waals surface area contributed by atoms with Gasteiger partial charge < -0.3 is 10.1 Å². The van der Waals surface area contributed by atoms with Crippen LogP contribution in [0.2, 0.25) is 0 Å². The number of non-ortho nitro benzene ring substituents is 1. The molecule has 0 saturated carbocycles. The maximum atomic E-state index is 13.9. The summed E-state index contributed by atoms with van der Waals surface area (Å²) < 4.78 is 5.30. The predicted octanol–water partition coefficient (Wildman–Crippen LogP) is 2.28. The Morgan fingerprint density at radius 2 is 1.94 bits per heavy atom. The molecule has 2 aromatic carbocycles. The van der Waals surface area contributed by atoms with Crippen molar-refractivity contribution in [2.24, 2.45) is 11.8 Å². The first kappa shape index (κ1) is 22.4. The van der Waals surface area contributed by atoms with Crippen LogP contribution in [0.15, 0.2) is 42.5 Å². The van der Waals surface area contributed by atoms with Gasteiger partial charge in [0, 0.05) is 23.4 Å². The lowest BCUT2D eigenvalue weighted by Gasteiger charge is -2.29. The van der Waals surface area contributed by atoms with Crippen molar-refractivity contribution in [3.63, 3.8) is 0 Å². The Morgan fingerprint density at radius 3 is 2.65 bits per heavy atom. The number of benzene rings is 2. The van der Waals surface area contributed by atoms with Gasteiger partial charge in [-0.1, -0.05) is 18.2 Å². The number of carbonyl (C=O) groups is 3. The van der Waals surface area contributed by atoms with Crippen LogP contribution >= 0.6 is 11.8 Å². The fourth-order valence-electron chi connectivity index (χ4n) is 5.45. The predicted molar refractivity (Wildman–Crippen MR) is 126 cm³/mol. The van der Waals surface area contributed by atoms with Gasteiger partial charge in [0.2, 0.25) is 17.7 Å². The summed E-state index contributed by atoms with van der Waals surface area (Å²) in [5.74, 6) is -2.30. The monoisotopic (exact) mass is 482 g/mol. The molecule has 3 amide bonds. The molecule has 0 aromatic heterocycles. The first-order valence-electron chi connectivity index (χ1n) is 10.7. The number of imide groups is 1. The average molecular weight is 483 g/mol. The minimum absolute atomic E-state index is 0.0369. The van der Waals surface area contributed by atoms with Gasteiger partial charge in [0.05, 0.1) is 35.6 Å². The van der Waals surface area contributed by atoms with Gasteiger partial charge in [-0.3, -0.25) is 29.8 Å². The summed E-state index contributed by atoms with van der Waals surface area (Å²) in [5.41, 5.74) is -0.223. The van der Waals surface area contributed by atoms with Gasteiger partial charge in [0.15, 0.2) is 0 Å². The highest BCUT2D eigenvalue weighted by molar-refractivity contribution is 7.98. The molecule has 176 valence electrons. The third-order valence-electron chi connectivity index (χ3n) is 6.87. The summed E-state index contributed by atoms with van der Waals surface area (Å²) in [6.45, 7) is 0. The molecule has 2 saturated heterocycles. The van der Waals surface area contributed by atoms with Crippen LogP contribution in [0.5, 0.6) is 5.75 Å². The van der Waals surface area contributed by atoms with Gasteiger partial charge in [0.25, 0.3) is 5.69 Å². The minimum Gasteiger partial charge on any atom is -0.494 e. The van der Waals surface area contributed by atoms with Gasteiger partial charge in [-0.25, -0.2) is 4.90 Å². The quantitative estimate of drug-likeness (QED) is 0.364. The van der Waals surface area contributed by atoms with Crippen LogP contribution in [-0.4, -0.2) is 47.8 Å². The zero-order chi connectivity index (χ0) is 24.2. The molecule has 1 spiro atoms. The van der Waals surface area contributed by atoms with Crippen LogP contribution in [0.1, 0.15) is 12.0 Å². The Balaban J connectivity index is 1.64. The topological polar surface area (TPSA) is 131 Å². The number of nitrogens with one attached hydrogen (secondary N) is 2. The molecular weight excluding hydrogens is 460 g/mol. The molecule has 2 aromatic rings. The first-order valence-corrected chi connectivity index (χ1v) is 12.1. The summed E-state index contributed by atoms with van der Waals surface area (Å²) >= 11 is 1.62. The number of thioether (sulfide) groups is 1. The molecule has 2 N–H and O–H groups in total. The van der Waals surface area contributed by atoms with Crippen molar-refractivity contribution in [2.75, 3.05) is 29.3 Å². The average Bonchev–Trinajstić information content (AvgIpc) is 3.41. The number of para-hydroxylation sites is 1. The van der Waals surface area contributed by atoms with E-state index in [4.69, 9.17) is 4.74 Å². The smallest absolute Gasteiger partial charge is 0.273 e. The van der Waals surface area contributed by atoms with E-state index in [-0.39, 0.29) is 23.0 Å². The van der Waals surface area contributed by atoms with Crippen molar-refractivity contribution in [3.05, 3.63) is 58.1 Å². The highest BCUT2D eigenvalue weighted by Gasteiger charge is 2.70. The lowest BCUT2D eigenvalue weighted by atomic mass is 9.76. The summed E-state index contributed by atoms with van der Waals surface area (Å²) in [5, 5.41) is 17.4. The second-order valence-corrected chi connectivity index (χ2v) is 9.45. The first-order chi connectivity index (χ1) is 16.3. The summed E-state index contributed by atoms with van der Waals surface area (Å²) in [6, 6.07) is 10.5. The zero-order valence-corrected chi connectivity index (χ0v) is 19.3. The summed E-state index contributed by atoms with van der Waals surface area (Å²) in [4.78, 5) is 52.7. The van der Waals surface area contributed by atoms with E-state index in [0.717, 1.165) is 10.7 Å². The molecular formula is C23H22N4O6S. The molecule has 0 aliphatic carbocycles. The van der Waals surface area contributed by atoms with E-state index >= 15 is 0 Å². The number of anilines is 2. The lowest BCUT2D eigenvalue weighted by molar-refractivity contribution is -0.384. The van der Waals surface area contributed by atoms with E-state index in [1.165, 1.54) is 25.3 Å². The second-order valence-electron chi connectivity index (χ2n) is 8.47. The molecule has 3 heterocycles. The normalized spacial score (nSPS) is 27.2. The number of nitrogens with zero attached hydrogens (tertiary/aromatic N) is 2. The van der Waals surface area contributed by atoms with Crippen LogP contribution in [0.3, 0.4) is 0 Å². The van der Waals surface area contributed by atoms with Crippen LogP contribution in [0, 0.1) is 22.0 Å². The van der Waals surface area contributed by atoms with Gasteiger partial charge in [-0.15, -0.1) is 0 Å². The number of hydrogen-bond donors (Lipinski definition) is 2. The molecule has 4 atom stereocenters. The van der Waals surface area contributed by atoms with E-state index in [9.17, 15) is 24.5 Å². The molecule has 3 aliphatic rings. The van der Waals surface area contributed by atoms with Gasteiger partial charge in [0.1, 0.15) is 11.3 Å². The Hall–Kier alpha value is -3.44. The van der Waals surface area contributed by atoms with Crippen LogP contribution < -0.4 is 20.3 Å². The fraction of sp³-hybridized carbons (Fsp3) is 0.348. The van der Waals surface area contributed by atoms with Gasteiger partial charge >= 0.3 is 0 Å². The number of fused-ring (bicyclic) bond motifs is 4. The van der Waals surface area contributed by atoms with Crippen molar-refractivity contribution in [2.45, 2.75) is 18.0 Å². The molecule has 34 heavy (non-hydrogen) atoms. The van der Waals surface area contributed by atoms with Gasteiger partial charge in [-0.05, 0) is 30.6 Å². The van der Waals surface area contributed by atoms with E-state index in [2.05, 4.69) is 10.6 Å². The molecule has 11 heteroatoms. The van der Waals surface area contributed by atoms with E-state index < -0.39 is 40.2 Å². The summed E-state index contributed by atoms with van der Waals surface area (Å²) in [7, 11) is 1.32.